The van der Waals surface area contributed by atoms with E-state index in [1.807, 2.05) is 48.5 Å². The van der Waals surface area contributed by atoms with E-state index in [0.29, 0.717) is 36.8 Å². The summed E-state index contributed by atoms with van der Waals surface area (Å²) in [6.07, 6.45) is 1.56. The van der Waals surface area contributed by atoms with Gasteiger partial charge in [-0.25, -0.2) is 0 Å². The third-order valence-electron chi connectivity index (χ3n) is 4.73. The van der Waals surface area contributed by atoms with Crippen LogP contribution in [0.25, 0.3) is 0 Å². The van der Waals surface area contributed by atoms with Crippen molar-refractivity contribution >= 4 is 11.9 Å². The fraction of sp³-hybridized carbons (Fsp3) is 0.364. The van der Waals surface area contributed by atoms with Crippen LogP contribution >= 0.6 is 0 Å². The minimum atomic E-state index is -0.822. The van der Waals surface area contributed by atoms with Gasteiger partial charge in [-0.05, 0) is 48.2 Å². The summed E-state index contributed by atoms with van der Waals surface area (Å²) in [5, 5.41) is 11.5. The highest BCUT2D eigenvalue weighted by Crippen LogP contribution is 2.25. The average Bonchev–Trinajstić information content (AvgIpc) is 3.25. The molecule has 1 saturated heterocycles. The monoisotopic (exact) mass is 383 g/mol. The van der Waals surface area contributed by atoms with Crippen LogP contribution in [0.5, 0.6) is 5.75 Å². The number of hydrogen-bond donors (Lipinski definition) is 2. The molecule has 0 aliphatic carbocycles. The highest BCUT2D eigenvalue weighted by molar-refractivity contribution is 5.94. The van der Waals surface area contributed by atoms with E-state index in [1.165, 1.54) is 0 Å². The van der Waals surface area contributed by atoms with Crippen molar-refractivity contribution in [2.24, 2.45) is 0 Å². The zero-order chi connectivity index (χ0) is 19.8. The van der Waals surface area contributed by atoms with Crippen LogP contribution in [-0.4, -0.2) is 36.8 Å². The first-order valence-corrected chi connectivity index (χ1v) is 9.51. The molecule has 1 fully saturated rings. The molecular weight excluding hydrogens is 358 g/mol. The molecule has 148 valence electrons. The molecule has 1 unspecified atom stereocenters. The Labute approximate surface area is 164 Å². The van der Waals surface area contributed by atoms with E-state index >= 15 is 0 Å². The average molecular weight is 383 g/mol. The Morgan fingerprint density at radius 1 is 1.18 bits per heavy atom. The summed E-state index contributed by atoms with van der Waals surface area (Å²) < 4.78 is 10.9. The Kier molecular flexibility index (Phi) is 7.03. The number of amides is 1. The van der Waals surface area contributed by atoms with Crippen LogP contribution in [0.2, 0.25) is 0 Å². The molecule has 28 heavy (non-hydrogen) atoms. The van der Waals surface area contributed by atoms with Gasteiger partial charge in [0, 0.05) is 31.1 Å². The summed E-state index contributed by atoms with van der Waals surface area (Å²) >= 11 is 0. The van der Waals surface area contributed by atoms with Gasteiger partial charge in [-0.15, -0.1) is 0 Å². The molecule has 6 heteroatoms. The zero-order valence-electron chi connectivity index (χ0n) is 15.7. The van der Waals surface area contributed by atoms with E-state index in [1.54, 1.807) is 0 Å². The second-order valence-corrected chi connectivity index (χ2v) is 6.86. The molecule has 0 spiro atoms. The smallest absolute Gasteiger partial charge is 0.303 e. The molecule has 1 aliphatic rings. The van der Waals surface area contributed by atoms with Gasteiger partial charge >= 0.3 is 5.97 Å². The molecule has 2 aromatic carbocycles. The Morgan fingerprint density at radius 3 is 2.71 bits per heavy atom. The van der Waals surface area contributed by atoms with Crippen LogP contribution in [0.15, 0.2) is 48.5 Å². The SMILES string of the molecule is O=C(O)CCCOc1ccc(CNC(=O)c2cccc(C3CCOC3)c2)cc1. The van der Waals surface area contributed by atoms with Gasteiger partial charge in [-0.3, -0.25) is 9.59 Å². The lowest BCUT2D eigenvalue weighted by Crippen LogP contribution is -2.23. The maximum atomic E-state index is 12.5. The van der Waals surface area contributed by atoms with Crippen molar-refractivity contribution in [3.05, 3.63) is 65.2 Å². The van der Waals surface area contributed by atoms with Gasteiger partial charge < -0.3 is 19.9 Å². The molecule has 6 nitrogen and oxygen atoms in total. The number of carboxylic acids is 1. The molecule has 0 aromatic heterocycles. The van der Waals surface area contributed by atoms with Crippen molar-refractivity contribution in [1.82, 2.24) is 5.32 Å². The number of hydrogen-bond acceptors (Lipinski definition) is 4. The Bertz CT molecular complexity index is 797. The van der Waals surface area contributed by atoms with Crippen LogP contribution in [0.3, 0.4) is 0 Å². The molecule has 3 rings (SSSR count). The molecule has 1 heterocycles. The Hall–Kier alpha value is -2.86. The van der Waals surface area contributed by atoms with E-state index in [4.69, 9.17) is 14.6 Å². The lowest BCUT2D eigenvalue weighted by Gasteiger charge is -2.11. The van der Waals surface area contributed by atoms with E-state index in [0.717, 1.165) is 30.8 Å². The van der Waals surface area contributed by atoms with Crippen molar-refractivity contribution in [2.45, 2.75) is 31.7 Å². The predicted molar refractivity (Wildman–Crippen MR) is 105 cm³/mol. The largest absolute Gasteiger partial charge is 0.494 e. The van der Waals surface area contributed by atoms with E-state index in [2.05, 4.69) is 5.32 Å². The van der Waals surface area contributed by atoms with Gasteiger partial charge in [0.05, 0.1) is 13.2 Å². The maximum Gasteiger partial charge on any atom is 0.303 e. The van der Waals surface area contributed by atoms with Gasteiger partial charge in [0.15, 0.2) is 0 Å². The number of benzene rings is 2. The van der Waals surface area contributed by atoms with Crippen molar-refractivity contribution in [1.29, 1.82) is 0 Å². The van der Waals surface area contributed by atoms with Crippen LogP contribution in [0.1, 0.15) is 46.7 Å². The molecule has 0 saturated carbocycles. The second-order valence-electron chi connectivity index (χ2n) is 6.86. The lowest BCUT2D eigenvalue weighted by atomic mass is 9.96. The number of rotatable bonds is 9. The molecule has 0 radical (unpaired) electrons. The molecule has 1 atom stereocenters. The lowest BCUT2D eigenvalue weighted by molar-refractivity contribution is -0.137. The molecular formula is C22H25NO5. The molecule has 2 N–H and O–H groups in total. The number of carbonyl (C=O) groups is 2. The fourth-order valence-electron chi connectivity index (χ4n) is 3.13. The second kappa shape index (κ2) is 9.90. The Balaban J connectivity index is 1.48. The van der Waals surface area contributed by atoms with Crippen molar-refractivity contribution in [2.75, 3.05) is 19.8 Å². The summed E-state index contributed by atoms with van der Waals surface area (Å²) in [7, 11) is 0. The zero-order valence-corrected chi connectivity index (χ0v) is 15.7. The number of nitrogens with one attached hydrogen (secondary N) is 1. The number of aliphatic carboxylic acids is 1. The van der Waals surface area contributed by atoms with Crippen LogP contribution in [-0.2, 0) is 16.1 Å². The van der Waals surface area contributed by atoms with Gasteiger partial charge in [0.2, 0.25) is 0 Å². The van der Waals surface area contributed by atoms with Crippen molar-refractivity contribution in [3.63, 3.8) is 0 Å². The van der Waals surface area contributed by atoms with Gasteiger partial charge in [-0.1, -0.05) is 24.3 Å². The number of ether oxygens (including phenoxy) is 2. The molecule has 1 amide bonds. The first-order valence-electron chi connectivity index (χ1n) is 9.51. The highest BCUT2D eigenvalue weighted by atomic mass is 16.5. The fourth-order valence-corrected chi connectivity index (χ4v) is 3.13. The van der Waals surface area contributed by atoms with E-state index < -0.39 is 5.97 Å². The minimum absolute atomic E-state index is 0.0963. The first kappa shape index (κ1) is 19.9. The minimum Gasteiger partial charge on any atom is -0.494 e. The number of carboxylic acid groups (broad SMARTS) is 1. The molecule has 0 bridgehead atoms. The van der Waals surface area contributed by atoms with Crippen molar-refractivity contribution in [3.8, 4) is 5.75 Å². The summed E-state index contributed by atoms with van der Waals surface area (Å²) in [6.45, 7) is 2.29. The van der Waals surface area contributed by atoms with Crippen LogP contribution in [0.4, 0.5) is 0 Å². The standard InChI is InChI=1S/C22H25NO5/c24-21(25)5-2-11-28-20-8-6-16(7-9-20)14-23-22(26)18-4-1-3-17(13-18)19-10-12-27-15-19/h1,3-4,6-9,13,19H,2,5,10-12,14-15H2,(H,23,26)(H,24,25). The summed E-state index contributed by atoms with van der Waals surface area (Å²) in [5.74, 6) is 0.134. The third-order valence-corrected chi connectivity index (χ3v) is 4.73. The third kappa shape index (κ3) is 5.82. The summed E-state index contributed by atoms with van der Waals surface area (Å²) in [4.78, 5) is 22.9. The Morgan fingerprint density at radius 2 is 2.00 bits per heavy atom. The van der Waals surface area contributed by atoms with E-state index in [-0.39, 0.29) is 12.3 Å². The highest BCUT2D eigenvalue weighted by Gasteiger charge is 2.18. The van der Waals surface area contributed by atoms with Crippen LogP contribution < -0.4 is 10.1 Å². The van der Waals surface area contributed by atoms with Gasteiger partial charge in [0.1, 0.15) is 5.75 Å². The van der Waals surface area contributed by atoms with Crippen LogP contribution in [0, 0.1) is 0 Å². The van der Waals surface area contributed by atoms with Gasteiger partial charge in [-0.2, -0.15) is 0 Å². The van der Waals surface area contributed by atoms with Crippen molar-refractivity contribution < 1.29 is 24.2 Å². The number of carbonyl (C=O) groups excluding carboxylic acids is 1. The molecule has 2 aromatic rings. The topological polar surface area (TPSA) is 84.9 Å². The van der Waals surface area contributed by atoms with Gasteiger partial charge in [0.25, 0.3) is 5.91 Å². The quantitative estimate of drug-likeness (QED) is 0.649. The maximum absolute atomic E-state index is 12.5. The predicted octanol–water partition coefficient (Wildman–Crippen LogP) is 3.36. The summed E-state index contributed by atoms with van der Waals surface area (Å²) in [6, 6.07) is 15.2. The normalized spacial score (nSPS) is 15.9. The van der Waals surface area contributed by atoms with E-state index in [9.17, 15) is 9.59 Å². The first-order chi connectivity index (χ1) is 13.6. The molecule has 1 aliphatic heterocycles. The summed E-state index contributed by atoms with van der Waals surface area (Å²) in [5.41, 5.74) is 2.77.